The highest BCUT2D eigenvalue weighted by Crippen LogP contribution is 2.17. The van der Waals surface area contributed by atoms with Gasteiger partial charge in [-0.05, 0) is 32.2 Å². The molecule has 0 radical (unpaired) electrons. The van der Waals surface area contributed by atoms with E-state index in [9.17, 15) is 8.42 Å². The maximum Gasteiger partial charge on any atom is 0.153 e. The van der Waals surface area contributed by atoms with Gasteiger partial charge in [-0.2, -0.15) is 0 Å². The molecule has 92 valence electrons. The number of thiophene rings is 1. The Labute approximate surface area is 102 Å². The van der Waals surface area contributed by atoms with Crippen LogP contribution in [0.5, 0.6) is 0 Å². The molecule has 0 saturated carbocycles. The molecule has 0 bridgehead atoms. The molecular weight excluding hydrogens is 242 g/mol. The zero-order chi connectivity index (χ0) is 12.2. The van der Waals surface area contributed by atoms with Crippen molar-refractivity contribution in [2.75, 3.05) is 12.3 Å². The lowest BCUT2D eigenvalue weighted by Crippen LogP contribution is -2.28. The summed E-state index contributed by atoms with van der Waals surface area (Å²) in [5, 5.41) is 4.97. The summed E-state index contributed by atoms with van der Waals surface area (Å²) in [7, 11) is -2.92. The summed E-state index contributed by atoms with van der Waals surface area (Å²) in [6.07, 6.45) is 0. The maximum absolute atomic E-state index is 11.6. The second-order valence-electron chi connectivity index (χ2n) is 4.11. The van der Waals surface area contributed by atoms with E-state index in [1.807, 2.05) is 18.4 Å². The average molecular weight is 261 g/mol. The fourth-order valence-corrected chi connectivity index (χ4v) is 2.92. The number of nitrogens with one attached hydrogen (secondary N) is 1. The molecule has 5 heteroatoms. The van der Waals surface area contributed by atoms with Crippen molar-refractivity contribution in [3.63, 3.8) is 0 Å². The van der Waals surface area contributed by atoms with Gasteiger partial charge in [-0.25, -0.2) is 8.42 Å². The van der Waals surface area contributed by atoms with Crippen molar-refractivity contribution in [3.8, 4) is 0 Å². The maximum atomic E-state index is 11.6. The van der Waals surface area contributed by atoms with Crippen molar-refractivity contribution in [2.45, 2.75) is 32.1 Å². The predicted molar refractivity (Wildman–Crippen MR) is 69.7 cm³/mol. The van der Waals surface area contributed by atoms with E-state index in [1.165, 1.54) is 4.88 Å². The van der Waals surface area contributed by atoms with Gasteiger partial charge in [0.25, 0.3) is 0 Å². The molecule has 1 aromatic rings. The molecule has 0 fully saturated rings. The monoisotopic (exact) mass is 261 g/mol. The Morgan fingerprint density at radius 3 is 2.56 bits per heavy atom. The number of rotatable bonds is 6. The third-order valence-corrected chi connectivity index (χ3v) is 5.79. The molecule has 3 nitrogen and oxygen atoms in total. The largest absolute Gasteiger partial charge is 0.308 e. The molecule has 1 N–H and O–H groups in total. The molecule has 0 spiro atoms. The molecule has 0 amide bonds. The van der Waals surface area contributed by atoms with E-state index in [4.69, 9.17) is 0 Å². The molecule has 0 aliphatic heterocycles. The highest BCUT2D eigenvalue weighted by Gasteiger charge is 2.16. The van der Waals surface area contributed by atoms with E-state index in [1.54, 1.807) is 25.2 Å². The van der Waals surface area contributed by atoms with Crippen molar-refractivity contribution in [2.24, 2.45) is 0 Å². The van der Waals surface area contributed by atoms with Gasteiger partial charge in [0, 0.05) is 17.5 Å². The summed E-state index contributed by atoms with van der Waals surface area (Å²) in [4.78, 5) is 1.24. The van der Waals surface area contributed by atoms with Crippen LogP contribution < -0.4 is 5.32 Å². The molecule has 1 atom stereocenters. The van der Waals surface area contributed by atoms with E-state index < -0.39 is 9.84 Å². The normalized spacial score (nSPS) is 14.2. The van der Waals surface area contributed by atoms with Gasteiger partial charge < -0.3 is 5.32 Å². The predicted octanol–water partition coefficient (Wildman–Crippen LogP) is 2.22. The van der Waals surface area contributed by atoms with Gasteiger partial charge in [0.1, 0.15) is 0 Å². The lowest BCUT2D eigenvalue weighted by atomic mass is 10.3. The first-order valence-electron chi connectivity index (χ1n) is 5.42. The third-order valence-electron chi connectivity index (χ3n) is 2.53. The van der Waals surface area contributed by atoms with Gasteiger partial charge in [0.15, 0.2) is 9.84 Å². The molecule has 16 heavy (non-hydrogen) atoms. The van der Waals surface area contributed by atoms with Gasteiger partial charge in [0.05, 0.1) is 11.0 Å². The smallest absolute Gasteiger partial charge is 0.153 e. The Morgan fingerprint density at radius 2 is 2.06 bits per heavy atom. The lowest BCUT2D eigenvalue weighted by Gasteiger charge is -2.13. The topological polar surface area (TPSA) is 46.2 Å². The van der Waals surface area contributed by atoms with Crippen LogP contribution >= 0.6 is 11.3 Å². The highest BCUT2D eigenvalue weighted by atomic mass is 32.2. The molecule has 0 aliphatic rings. The minimum Gasteiger partial charge on any atom is -0.308 e. The molecule has 0 aromatic carbocycles. The van der Waals surface area contributed by atoms with E-state index in [2.05, 4.69) is 11.4 Å². The molecule has 0 unspecified atom stereocenters. The van der Waals surface area contributed by atoms with Gasteiger partial charge >= 0.3 is 0 Å². The van der Waals surface area contributed by atoms with Crippen molar-refractivity contribution in [1.29, 1.82) is 0 Å². The van der Waals surface area contributed by atoms with Gasteiger partial charge in [0.2, 0.25) is 0 Å². The first-order valence-corrected chi connectivity index (χ1v) is 8.01. The number of hydrogen-bond donors (Lipinski definition) is 1. The second-order valence-corrected chi connectivity index (χ2v) is 7.76. The van der Waals surface area contributed by atoms with Gasteiger partial charge in [-0.1, -0.05) is 6.07 Å². The summed E-state index contributed by atoms with van der Waals surface area (Å²) < 4.78 is 23.1. The number of sulfone groups is 1. The zero-order valence-corrected chi connectivity index (χ0v) is 11.6. The van der Waals surface area contributed by atoms with Crippen molar-refractivity contribution in [1.82, 2.24) is 5.32 Å². The lowest BCUT2D eigenvalue weighted by molar-refractivity contribution is 0.569. The average Bonchev–Trinajstić information content (AvgIpc) is 2.69. The fraction of sp³-hybridized carbons (Fsp3) is 0.636. The van der Waals surface area contributed by atoms with Crippen molar-refractivity contribution in [3.05, 3.63) is 22.4 Å². The van der Waals surface area contributed by atoms with Gasteiger partial charge in [-0.15, -0.1) is 11.3 Å². The van der Waals surface area contributed by atoms with Crippen LogP contribution in [-0.4, -0.2) is 26.0 Å². The summed E-state index contributed by atoms with van der Waals surface area (Å²) in [5.41, 5.74) is 0. The Balaban J connectivity index is 2.37. The van der Waals surface area contributed by atoms with Crippen LogP contribution in [0.2, 0.25) is 0 Å². The Kier molecular flexibility index (Phi) is 4.95. The van der Waals surface area contributed by atoms with Crippen LogP contribution in [-0.2, 0) is 9.84 Å². The Morgan fingerprint density at radius 1 is 1.38 bits per heavy atom. The minimum atomic E-state index is -2.92. The second kappa shape index (κ2) is 5.80. The Hall–Kier alpha value is -0.390. The van der Waals surface area contributed by atoms with Crippen LogP contribution in [0.4, 0.5) is 0 Å². The van der Waals surface area contributed by atoms with Crippen LogP contribution in [0, 0.1) is 0 Å². The van der Waals surface area contributed by atoms with E-state index >= 15 is 0 Å². The quantitative estimate of drug-likeness (QED) is 0.854. The third kappa shape index (κ3) is 3.88. The van der Waals surface area contributed by atoms with Crippen LogP contribution in [0.15, 0.2) is 17.5 Å². The molecule has 0 saturated heterocycles. The standard InChI is InChI=1S/C11H19NO2S2/c1-9(2)16(13,14)8-6-12-10(3)11-5-4-7-15-11/h4-5,7,9-10,12H,6,8H2,1-3H3/t10-/m1/s1. The summed E-state index contributed by atoms with van der Waals surface area (Å²) in [6, 6.07) is 4.28. The first-order chi connectivity index (χ1) is 7.43. The van der Waals surface area contributed by atoms with Crippen LogP contribution in [0.3, 0.4) is 0 Å². The van der Waals surface area contributed by atoms with E-state index in [-0.39, 0.29) is 17.0 Å². The van der Waals surface area contributed by atoms with Crippen LogP contribution in [0.1, 0.15) is 31.7 Å². The molecule has 1 aromatic heterocycles. The summed E-state index contributed by atoms with van der Waals surface area (Å²) in [6.45, 7) is 6.00. The van der Waals surface area contributed by atoms with Crippen LogP contribution in [0.25, 0.3) is 0 Å². The molecule has 0 aliphatic carbocycles. The van der Waals surface area contributed by atoms with Crippen molar-refractivity contribution >= 4 is 21.2 Å². The minimum absolute atomic E-state index is 0.209. The highest BCUT2D eigenvalue weighted by molar-refractivity contribution is 7.92. The number of hydrogen-bond acceptors (Lipinski definition) is 4. The fourth-order valence-electron chi connectivity index (χ4n) is 1.29. The molecular formula is C11H19NO2S2. The SMILES string of the molecule is CC(C)S(=O)(=O)CCN[C@H](C)c1cccs1. The van der Waals surface area contributed by atoms with Crippen molar-refractivity contribution < 1.29 is 8.42 Å². The van der Waals surface area contributed by atoms with E-state index in [0.29, 0.717) is 6.54 Å². The Bertz CT molecular complexity index is 396. The first kappa shape index (κ1) is 13.7. The zero-order valence-electron chi connectivity index (χ0n) is 9.93. The summed E-state index contributed by atoms with van der Waals surface area (Å²) >= 11 is 1.68. The van der Waals surface area contributed by atoms with Gasteiger partial charge in [-0.3, -0.25) is 0 Å². The molecule has 1 rings (SSSR count). The summed E-state index contributed by atoms with van der Waals surface area (Å²) in [5.74, 6) is 0.209. The van der Waals surface area contributed by atoms with E-state index in [0.717, 1.165) is 0 Å². The molecule has 1 heterocycles.